The largest absolute Gasteiger partial charge is 0.279 e. The minimum atomic E-state index is -0.388. The van der Waals surface area contributed by atoms with Gasteiger partial charge in [-0.2, -0.15) is 0 Å². The zero-order valence-electron chi connectivity index (χ0n) is 17.2. The monoisotopic (exact) mass is 424 g/mol. The third-order valence-electron chi connectivity index (χ3n) is 5.56. The van der Waals surface area contributed by atoms with Gasteiger partial charge in [0.05, 0.1) is 10.6 Å². The minimum Gasteiger partial charge on any atom is -0.267 e. The molecule has 2 N–H and O–H groups in total. The van der Waals surface area contributed by atoms with Crippen molar-refractivity contribution in [2.75, 3.05) is 0 Å². The van der Waals surface area contributed by atoms with E-state index >= 15 is 0 Å². The first-order valence-electron chi connectivity index (χ1n) is 9.87. The number of nitrogens with one attached hydrogen (secondary N) is 2. The molecule has 3 aromatic rings. The number of tetrazole rings is 1. The topological polar surface area (TPSA) is 102 Å². The van der Waals surface area contributed by atoms with Crippen molar-refractivity contribution in [2.45, 2.75) is 40.0 Å². The summed E-state index contributed by atoms with van der Waals surface area (Å²) in [6, 6.07) is 8.72. The molecular weight excluding hydrogens is 400 g/mol. The molecule has 2 amide bonds. The van der Waals surface area contributed by atoms with Gasteiger partial charge in [0.25, 0.3) is 11.8 Å². The van der Waals surface area contributed by atoms with Crippen LogP contribution in [-0.2, 0) is 12.8 Å². The Morgan fingerprint density at radius 1 is 1.13 bits per heavy atom. The molecule has 156 valence electrons. The molecule has 9 heteroatoms. The summed E-state index contributed by atoms with van der Waals surface area (Å²) in [7, 11) is 0. The molecule has 0 saturated heterocycles. The fourth-order valence-electron chi connectivity index (χ4n) is 3.67. The van der Waals surface area contributed by atoms with E-state index in [9.17, 15) is 9.59 Å². The van der Waals surface area contributed by atoms with Gasteiger partial charge in [0.1, 0.15) is 6.33 Å². The summed E-state index contributed by atoms with van der Waals surface area (Å²) in [5.41, 5.74) is 7.69. The smallest absolute Gasteiger partial charge is 0.267 e. The van der Waals surface area contributed by atoms with E-state index in [1.54, 1.807) is 24.3 Å². The van der Waals surface area contributed by atoms with Gasteiger partial charge in [-0.25, -0.2) is 4.68 Å². The molecule has 2 aromatic heterocycles. The molecule has 4 rings (SSSR count). The SMILES string of the molecule is CC(C)(C)[C@@H]1CCc2sc(C(=O)NNC(=O)c3ccc(-n4cnnn4)cc3)cc2C1. The molecule has 1 aromatic carbocycles. The summed E-state index contributed by atoms with van der Waals surface area (Å²) in [6.45, 7) is 6.81. The number of hydrogen-bond acceptors (Lipinski definition) is 6. The first-order valence-corrected chi connectivity index (χ1v) is 10.7. The van der Waals surface area contributed by atoms with Crippen LogP contribution in [0.15, 0.2) is 36.7 Å². The second kappa shape index (κ2) is 7.98. The van der Waals surface area contributed by atoms with Crippen LogP contribution in [0.4, 0.5) is 0 Å². The molecule has 0 spiro atoms. The fourth-order valence-corrected chi connectivity index (χ4v) is 4.77. The molecule has 1 aliphatic rings. The Morgan fingerprint density at radius 3 is 2.53 bits per heavy atom. The lowest BCUT2D eigenvalue weighted by molar-refractivity contribution is 0.0849. The van der Waals surface area contributed by atoms with Crippen molar-refractivity contribution in [3.8, 4) is 5.69 Å². The van der Waals surface area contributed by atoms with Crippen molar-refractivity contribution in [1.29, 1.82) is 0 Å². The van der Waals surface area contributed by atoms with Crippen molar-refractivity contribution >= 4 is 23.2 Å². The summed E-state index contributed by atoms with van der Waals surface area (Å²) in [6.07, 6.45) is 4.63. The Kier molecular flexibility index (Phi) is 5.38. The number of amides is 2. The van der Waals surface area contributed by atoms with Gasteiger partial charge >= 0.3 is 0 Å². The van der Waals surface area contributed by atoms with E-state index in [-0.39, 0.29) is 17.2 Å². The summed E-state index contributed by atoms with van der Waals surface area (Å²) < 4.78 is 1.49. The number of aryl methyl sites for hydroxylation is 1. The maximum atomic E-state index is 12.5. The number of fused-ring (bicyclic) bond motifs is 1. The number of thiophene rings is 1. The van der Waals surface area contributed by atoms with Crippen LogP contribution in [0.2, 0.25) is 0 Å². The second-order valence-electron chi connectivity index (χ2n) is 8.57. The number of hydrazine groups is 1. The molecule has 0 fully saturated rings. The van der Waals surface area contributed by atoms with Crippen LogP contribution in [0, 0.1) is 11.3 Å². The van der Waals surface area contributed by atoms with Crippen molar-refractivity contribution in [3.63, 3.8) is 0 Å². The summed E-state index contributed by atoms with van der Waals surface area (Å²) in [5, 5.41) is 11.0. The van der Waals surface area contributed by atoms with Crippen LogP contribution in [0.3, 0.4) is 0 Å². The van der Waals surface area contributed by atoms with Gasteiger partial charge in [0.2, 0.25) is 0 Å². The lowest BCUT2D eigenvalue weighted by Crippen LogP contribution is -2.41. The Labute approximate surface area is 178 Å². The third-order valence-corrected chi connectivity index (χ3v) is 6.80. The van der Waals surface area contributed by atoms with Crippen LogP contribution < -0.4 is 10.9 Å². The molecule has 0 saturated carbocycles. The normalized spacial score (nSPS) is 16.0. The molecule has 1 aliphatic carbocycles. The lowest BCUT2D eigenvalue weighted by Gasteiger charge is -2.33. The van der Waals surface area contributed by atoms with Crippen LogP contribution in [-0.4, -0.2) is 32.0 Å². The molecule has 0 aliphatic heterocycles. The third kappa shape index (κ3) is 4.25. The Hall–Kier alpha value is -3.07. The van der Waals surface area contributed by atoms with Crippen molar-refractivity contribution in [2.24, 2.45) is 11.3 Å². The molecule has 0 unspecified atom stereocenters. The van der Waals surface area contributed by atoms with Crippen LogP contribution in [0.1, 0.15) is 57.7 Å². The summed E-state index contributed by atoms with van der Waals surface area (Å²) >= 11 is 1.52. The quantitative estimate of drug-likeness (QED) is 0.630. The van der Waals surface area contributed by atoms with E-state index in [1.165, 1.54) is 32.8 Å². The van der Waals surface area contributed by atoms with Gasteiger partial charge in [-0.05, 0) is 76.9 Å². The molecular formula is C21H24N6O2S. The molecule has 0 radical (unpaired) electrons. The molecule has 2 heterocycles. The van der Waals surface area contributed by atoms with Gasteiger partial charge in [0, 0.05) is 10.4 Å². The highest BCUT2D eigenvalue weighted by Gasteiger charge is 2.30. The molecule has 8 nitrogen and oxygen atoms in total. The van der Waals surface area contributed by atoms with E-state index in [1.807, 2.05) is 6.07 Å². The number of hydrogen-bond donors (Lipinski definition) is 2. The average molecular weight is 425 g/mol. The number of aromatic nitrogens is 4. The van der Waals surface area contributed by atoms with Crippen molar-refractivity contribution < 1.29 is 9.59 Å². The Bertz CT molecular complexity index is 1050. The fraction of sp³-hybridized carbons (Fsp3) is 0.381. The Balaban J connectivity index is 1.36. The first kappa shape index (κ1) is 20.2. The van der Waals surface area contributed by atoms with Crippen LogP contribution >= 0.6 is 11.3 Å². The number of rotatable bonds is 3. The zero-order valence-corrected chi connectivity index (χ0v) is 18.0. The zero-order chi connectivity index (χ0) is 21.3. The highest BCUT2D eigenvalue weighted by Crippen LogP contribution is 2.40. The minimum absolute atomic E-state index is 0.260. The molecule has 0 bridgehead atoms. The highest BCUT2D eigenvalue weighted by atomic mass is 32.1. The summed E-state index contributed by atoms with van der Waals surface area (Å²) in [4.78, 5) is 26.8. The predicted molar refractivity (Wildman–Crippen MR) is 113 cm³/mol. The maximum Gasteiger partial charge on any atom is 0.279 e. The second-order valence-corrected chi connectivity index (χ2v) is 9.71. The highest BCUT2D eigenvalue weighted by molar-refractivity contribution is 7.14. The number of carbonyl (C=O) groups excluding carboxylic acids is 2. The first-order chi connectivity index (χ1) is 14.3. The van der Waals surface area contributed by atoms with E-state index in [4.69, 9.17) is 0 Å². The van der Waals surface area contributed by atoms with Crippen molar-refractivity contribution in [3.05, 3.63) is 57.5 Å². The number of benzene rings is 1. The van der Waals surface area contributed by atoms with Gasteiger partial charge in [-0.15, -0.1) is 16.4 Å². The number of carbonyl (C=O) groups is 2. The number of nitrogens with zero attached hydrogens (tertiary/aromatic N) is 4. The maximum absolute atomic E-state index is 12.5. The van der Waals surface area contributed by atoms with Crippen LogP contribution in [0.5, 0.6) is 0 Å². The van der Waals surface area contributed by atoms with Crippen LogP contribution in [0.25, 0.3) is 5.69 Å². The van der Waals surface area contributed by atoms with E-state index in [2.05, 4.69) is 47.1 Å². The predicted octanol–water partition coefficient (Wildman–Crippen LogP) is 2.95. The van der Waals surface area contributed by atoms with E-state index < -0.39 is 0 Å². The average Bonchev–Trinajstić information content (AvgIpc) is 3.40. The van der Waals surface area contributed by atoms with Gasteiger partial charge in [-0.1, -0.05) is 20.8 Å². The van der Waals surface area contributed by atoms with Crippen molar-refractivity contribution in [1.82, 2.24) is 31.1 Å². The van der Waals surface area contributed by atoms with E-state index in [0.29, 0.717) is 16.4 Å². The Morgan fingerprint density at radius 2 is 1.87 bits per heavy atom. The standard InChI is InChI=1S/C21H24N6O2S/c1-21(2,3)15-6-9-17-14(10-15)11-18(30-17)20(29)24-23-19(28)13-4-7-16(8-5-13)27-12-22-25-26-27/h4-5,7-8,11-12,15H,6,9-10H2,1-3H3,(H,23,28)(H,24,29)/t15-/m1/s1. The molecule has 1 atom stereocenters. The molecule has 30 heavy (non-hydrogen) atoms. The van der Waals surface area contributed by atoms with E-state index in [0.717, 1.165) is 24.9 Å². The van der Waals surface area contributed by atoms with Gasteiger partial charge < -0.3 is 0 Å². The van der Waals surface area contributed by atoms with Gasteiger partial charge in [-0.3, -0.25) is 20.4 Å². The summed E-state index contributed by atoms with van der Waals surface area (Å²) in [5.74, 6) is -0.0624. The van der Waals surface area contributed by atoms with Gasteiger partial charge in [0.15, 0.2) is 0 Å². The lowest BCUT2D eigenvalue weighted by atomic mass is 9.72.